The molecule has 1 nitrogen and oxygen atoms in total. The lowest BCUT2D eigenvalue weighted by molar-refractivity contribution is 0.184. The first-order valence-corrected chi connectivity index (χ1v) is 3.94. The van der Waals surface area contributed by atoms with Crippen LogP contribution >= 0.6 is 11.6 Å². The van der Waals surface area contributed by atoms with Gasteiger partial charge in [-0.25, -0.2) is 0 Å². The summed E-state index contributed by atoms with van der Waals surface area (Å²) in [6.07, 6.45) is 2.82. The molecule has 0 heterocycles. The number of halogens is 1. The van der Waals surface area contributed by atoms with Crippen LogP contribution in [0.1, 0.15) is 33.1 Å². The summed E-state index contributed by atoms with van der Waals surface area (Å²) in [5.41, 5.74) is 0. The van der Waals surface area contributed by atoms with Gasteiger partial charge in [-0.2, -0.15) is 0 Å². The first-order chi connectivity index (χ1) is 4.18. The lowest BCUT2D eigenvalue weighted by Gasteiger charge is -2.10. The quantitative estimate of drug-likeness (QED) is 0.609. The van der Waals surface area contributed by atoms with E-state index in [1.54, 1.807) is 6.92 Å². The van der Waals surface area contributed by atoms with E-state index in [0.29, 0.717) is 0 Å². The van der Waals surface area contributed by atoms with Gasteiger partial charge in [-0.1, -0.05) is 19.8 Å². The van der Waals surface area contributed by atoms with Crippen molar-refractivity contribution in [3.8, 4) is 0 Å². The Bertz CT molecular complexity index is 63.9. The summed E-state index contributed by atoms with van der Waals surface area (Å²) in [6, 6.07) is 0. The van der Waals surface area contributed by atoms with Gasteiger partial charge in [0, 0.05) is 0 Å². The van der Waals surface area contributed by atoms with Gasteiger partial charge < -0.3 is 5.11 Å². The Labute approximate surface area is 62.0 Å². The number of aliphatic hydroxyl groups is 1. The zero-order chi connectivity index (χ0) is 7.28. The predicted molar refractivity (Wildman–Crippen MR) is 40.8 cm³/mol. The minimum Gasteiger partial charge on any atom is -0.392 e. The molecule has 0 aromatic rings. The first kappa shape index (κ1) is 9.25. The molecule has 2 unspecified atom stereocenters. The summed E-state index contributed by atoms with van der Waals surface area (Å²) in [5, 5.41) is 8.86. The fourth-order valence-corrected chi connectivity index (χ4v) is 0.795. The third-order valence-electron chi connectivity index (χ3n) is 1.36. The van der Waals surface area contributed by atoms with Gasteiger partial charge in [0.05, 0.1) is 11.5 Å². The molecule has 0 fully saturated rings. The minimum absolute atomic E-state index is 0.0510. The maximum Gasteiger partial charge on any atom is 0.0675 e. The van der Waals surface area contributed by atoms with Gasteiger partial charge >= 0.3 is 0 Å². The van der Waals surface area contributed by atoms with Crippen LogP contribution in [0.3, 0.4) is 0 Å². The third-order valence-corrected chi connectivity index (χ3v) is 1.94. The second-order valence-electron chi connectivity index (χ2n) is 2.40. The molecule has 9 heavy (non-hydrogen) atoms. The molecule has 0 saturated carbocycles. The van der Waals surface area contributed by atoms with Gasteiger partial charge in [-0.3, -0.25) is 0 Å². The predicted octanol–water partition coefficient (Wildman–Crippen LogP) is 2.16. The van der Waals surface area contributed by atoms with Crippen molar-refractivity contribution in [2.24, 2.45) is 0 Å². The number of aliphatic hydroxyl groups excluding tert-OH is 1. The van der Waals surface area contributed by atoms with Crippen LogP contribution in [0.4, 0.5) is 0 Å². The van der Waals surface area contributed by atoms with Gasteiger partial charge in [-0.15, -0.1) is 11.6 Å². The smallest absolute Gasteiger partial charge is 0.0675 e. The summed E-state index contributed by atoms with van der Waals surface area (Å²) < 4.78 is 0. The molecule has 0 aromatic heterocycles. The van der Waals surface area contributed by atoms with Gasteiger partial charge in [0.1, 0.15) is 0 Å². The van der Waals surface area contributed by atoms with Crippen LogP contribution in [0, 0.1) is 0 Å². The monoisotopic (exact) mass is 150 g/mol. The largest absolute Gasteiger partial charge is 0.392 e. The normalized spacial score (nSPS) is 17.3. The molecule has 0 bridgehead atoms. The number of rotatable bonds is 4. The zero-order valence-corrected chi connectivity index (χ0v) is 6.86. The van der Waals surface area contributed by atoms with Crippen molar-refractivity contribution < 1.29 is 5.11 Å². The highest BCUT2D eigenvalue weighted by Gasteiger charge is 2.08. The molecule has 0 aromatic carbocycles. The summed E-state index contributed by atoms with van der Waals surface area (Å²) in [4.78, 5) is 0. The van der Waals surface area contributed by atoms with E-state index in [9.17, 15) is 0 Å². The number of hydrogen-bond donors (Lipinski definition) is 1. The number of hydrogen-bond acceptors (Lipinski definition) is 1. The summed E-state index contributed by atoms with van der Waals surface area (Å²) >= 11 is 5.74. The van der Waals surface area contributed by atoms with E-state index in [0.717, 1.165) is 19.3 Å². The fraction of sp³-hybridized carbons (Fsp3) is 1.00. The Morgan fingerprint density at radius 1 is 1.56 bits per heavy atom. The van der Waals surface area contributed by atoms with E-state index >= 15 is 0 Å². The highest BCUT2D eigenvalue weighted by Crippen LogP contribution is 2.10. The van der Waals surface area contributed by atoms with Crippen LogP contribution < -0.4 is 0 Å². The van der Waals surface area contributed by atoms with E-state index in [1.165, 1.54) is 0 Å². The molecule has 0 rings (SSSR count). The zero-order valence-electron chi connectivity index (χ0n) is 6.10. The SMILES string of the molecule is CCCCC(Cl)C(C)O. The van der Waals surface area contributed by atoms with Gasteiger partial charge in [0.25, 0.3) is 0 Å². The number of unbranched alkanes of at least 4 members (excludes halogenated alkanes) is 1. The molecule has 1 N–H and O–H groups in total. The molecule has 0 aliphatic heterocycles. The van der Waals surface area contributed by atoms with Crippen molar-refractivity contribution in [2.45, 2.75) is 44.6 Å². The van der Waals surface area contributed by atoms with Crippen LogP contribution in [0.15, 0.2) is 0 Å². The van der Waals surface area contributed by atoms with Crippen LogP contribution in [0.2, 0.25) is 0 Å². The standard InChI is InChI=1S/C7H15ClO/c1-3-4-5-7(8)6(2)9/h6-7,9H,3-5H2,1-2H3. The first-order valence-electron chi connectivity index (χ1n) is 3.50. The average molecular weight is 151 g/mol. The second kappa shape index (κ2) is 5.07. The summed E-state index contributed by atoms with van der Waals surface area (Å²) in [6.45, 7) is 3.85. The van der Waals surface area contributed by atoms with Crippen molar-refractivity contribution in [1.82, 2.24) is 0 Å². The summed E-state index contributed by atoms with van der Waals surface area (Å²) in [7, 11) is 0. The Morgan fingerprint density at radius 3 is 2.44 bits per heavy atom. The van der Waals surface area contributed by atoms with Crippen molar-refractivity contribution in [3.05, 3.63) is 0 Å². The Balaban J connectivity index is 3.16. The molecule has 0 aliphatic rings. The van der Waals surface area contributed by atoms with Crippen LogP contribution in [0.5, 0.6) is 0 Å². The second-order valence-corrected chi connectivity index (χ2v) is 2.96. The maximum atomic E-state index is 8.92. The fourth-order valence-electron chi connectivity index (χ4n) is 0.640. The van der Waals surface area contributed by atoms with Crippen molar-refractivity contribution in [2.75, 3.05) is 0 Å². The van der Waals surface area contributed by atoms with E-state index < -0.39 is 0 Å². The molecule has 2 atom stereocenters. The van der Waals surface area contributed by atoms with Crippen molar-refractivity contribution in [1.29, 1.82) is 0 Å². The Kier molecular flexibility index (Phi) is 5.21. The summed E-state index contributed by atoms with van der Waals surface area (Å²) in [5.74, 6) is 0. The Hall–Kier alpha value is 0.250. The van der Waals surface area contributed by atoms with Gasteiger partial charge in [0.2, 0.25) is 0 Å². The van der Waals surface area contributed by atoms with E-state index in [-0.39, 0.29) is 11.5 Å². The third kappa shape index (κ3) is 4.73. The topological polar surface area (TPSA) is 20.2 Å². The molecule has 0 aliphatic carbocycles. The van der Waals surface area contributed by atoms with Crippen LogP contribution in [-0.2, 0) is 0 Å². The van der Waals surface area contributed by atoms with Crippen molar-refractivity contribution >= 4 is 11.6 Å². The van der Waals surface area contributed by atoms with E-state index in [1.807, 2.05) is 0 Å². The molecular weight excluding hydrogens is 136 g/mol. The van der Waals surface area contributed by atoms with Crippen LogP contribution in [-0.4, -0.2) is 16.6 Å². The lowest BCUT2D eigenvalue weighted by Crippen LogP contribution is -2.15. The van der Waals surface area contributed by atoms with Gasteiger partial charge in [-0.05, 0) is 13.3 Å². The highest BCUT2D eigenvalue weighted by molar-refractivity contribution is 6.20. The Morgan fingerprint density at radius 2 is 2.11 bits per heavy atom. The minimum atomic E-state index is -0.363. The van der Waals surface area contributed by atoms with Crippen molar-refractivity contribution in [3.63, 3.8) is 0 Å². The highest BCUT2D eigenvalue weighted by atomic mass is 35.5. The van der Waals surface area contributed by atoms with Gasteiger partial charge in [0.15, 0.2) is 0 Å². The molecule has 56 valence electrons. The average Bonchev–Trinajstić information content (AvgIpc) is 1.82. The molecule has 0 saturated heterocycles. The maximum absolute atomic E-state index is 8.92. The molecular formula is C7H15ClO. The lowest BCUT2D eigenvalue weighted by atomic mass is 10.1. The molecule has 0 spiro atoms. The van der Waals surface area contributed by atoms with E-state index in [2.05, 4.69) is 6.92 Å². The molecule has 2 heteroatoms. The molecule has 0 amide bonds. The number of alkyl halides is 1. The van der Waals surface area contributed by atoms with Crippen LogP contribution in [0.25, 0.3) is 0 Å². The van der Waals surface area contributed by atoms with E-state index in [4.69, 9.17) is 16.7 Å². The molecule has 0 radical (unpaired) electrons.